The fourth-order valence-corrected chi connectivity index (χ4v) is 1.80. The molecule has 114 valence electrons. The fraction of sp³-hybridized carbons (Fsp3) is 0.571. The molecule has 0 aliphatic heterocycles. The number of methoxy groups -OCH3 is 1. The average molecular weight is 285 g/mol. The highest BCUT2D eigenvalue weighted by Gasteiger charge is 2.27. The minimum absolute atomic E-state index is 0.325. The van der Waals surface area contributed by atoms with Crippen LogP contribution in [0.15, 0.2) is 18.2 Å². The van der Waals surface area contributed by atoms with Gasteiger partial charge in [0.2, 0.25) is 0 Å². The number of ether oxygens (including phenoxy) is 2. The molecule has 0 radical (unpaired) electrons. The van der Waals surface area contributed by atoms with Gasteiger partial charge in [-0.05, 0) is 13.0 Å². The summed E-state index contributed by atoms with van der Waals surface area (Å²) in [6.45, 7) is 1.64. The van der Waals surface area contributed by atoms with Crippen molar-refractivity contribution < 1.29 is 24.8 Å². The molecule has 0 bridgehead atoms. The van der Waals surface area contributed by atoms with Gasteiger partial charge in [0.1, 0.15) is 0 Å². The third-order valence-electron chi connectivity index (χ3n) is 3.13. The van der Waals surface area contributed by atoms with Crippen LogP contribution in [0.1, 0.15) is 12.5 Å². The van der Waals surface area contributed by atoms with E-state index in [4.69, 9.17) is 9.47 Å². The second-order valence-corrected chi connectivity index (χ2v) is 4.49. The molecule has 0 saturated carbocycles. The predicted molar refractivity (Wildman–Crippen MR) is 75.0 cm³/mol. The van der Waals surface area contributed by atoms with Gasteiger partial charge in [-0.3, -0.25) is 0 Å². The van der Waals surface area contributed by atoms with E-state index in [1.807, 2.05) is 25.1 Å². The number of aliphatic hydroxyl groups is 3. The van der Waals surface area contributed by atoms with Gasteiger partial charge in [0.15, 0.2) is 11.5 Å². The molecular weight excluding hydrogens is 262 g/mol. The third kappa shape index (κ3) is 3.83. The smallest absolute Gasteiger partial charge is 0.165 e. The summed E-state index contributed by atoms with van der Waals surface area (Å²) < 4.78 is 10.8. The van der Waals surface area contributed by atoms with Crippen molar-refractivity contribution in [2.75, 3.05) is 33.5 Å². The summed E-state index contributed by atoms with van der Waals surface area (Å²) in [4.78, 5) is 0. The first-order valence-corrected chi connectivity index (χ1v) is 6.52. The summed E-state index contributed by atoms with van der Waals surface area (Å²) in [6.07, 6.45) is 0. The van der Waals surface area contributed by atoms with Gasteiger partial charge in [-0.1, -0.05) is 12.1 Å². The minimum atomic E-state index is -1.12. The zero-order valence-corrected chi connectivity index (χ0v) is 11.9. The van der Waals surface area contributed by atoms with E-state index in [0.717, 1.165) is 5.56 Å². The predicted octanol–water partition coefficient (Wildman–Crippen LogP) is -0.101. The average Bonchev–Trinajstić information content (AvgIpc) is 2.50. The molecule has 0 saturated heterocycles. The second kappa shape index (κ2) is 8.06. The molecule has 0 aromatic heterocycles. The van der Waals surface area contributed by atoms with Crippen molar-refractivity contribution in [1.29, 1.82) is 0 Å². The quantitative estimate of drug-likeness (QED) is 0.506. The Bertz CT molecular complexity index is 398. The summed E-state index contributed by atoms with van der Waals surface area (Å²) >= 11 is 0. The van der Waals surface area contributed by atoms with Crippen LogP contribution in [0.3, 0.4) is 0 Å². The van der Waals surface area contributed by atoms with Gasteiger partial charge in [0.05, 0.1) is 39.1 Å². The maximum Gasteiger partial charge on any atom is 0.165 e. The molecule has 0 fully saturated rings. The Morgan fingerprint density at radius 2 is 1.80 bits per heavy atom. The molecule has 4 N–H and O–H groups in total. The maximum absolute atomic E-state index is 9.28. The SMILES string of the molecule is CCOc1cccc(CNC(CO)(CO)CO)c1OC. The van der Waals surface area contributed by atoms with Crippen molar-refractivity contribution in [2.45, 2.75) is 19.0 Å². The summed E-state index contributed by atoms with van der Waals surface area (Å²) in [7, 11) is 1.55. The monoisotopic (exact) mass is 285 g/mol. The van der Waals surface area contributed by atoms with E-state index >= 15 is 0 Å². The lowest BCUT2D eigenvalue weighted by atomic mass is 10.0. The van der Waals surface area contributed by atoms with Crippen molar-refractivity contribution in [3.05, 3.63) is 23.8 Å². The van der Waals surface area contributed by atoms with Crippen LogP contribution in [-0.2, 0) is 6.54 Å². The fourth-order valence-electron chi connectivity index (χ4n) is 1.80. The summed E-state index contributed by atoms with van der Waals surface area (Å²) in [6, 6.07) is 5.50. The van der Waals surface area contributed by atoms with Gasteiger partial charge in [0.25, 0.3) is 0 Å². The number of hydrogen-bond donors (Lipinski definition) is 4. The van der Waals surface area contributed by atoms with E-state index < -0.39 is 5.54 Å². The van der Waals surface area contributed by atoms with Crippen LogP contribution in [0.4, 0.5) is 0 Å². The maximum atomic E-state index is 9.28. The summed E-state index contributed by atoms with van der Waals surface area (Å²) in [5.41, 5.74) is -0.301. The highest BCUT2D eigenvalue weighted by atomic mass is 16.5. The van der Waals surface area contributed by atoms with Crippen LogP contribution in [0.25, 0.3) is 0 Å². The van der Waals surface area contributed by atoms with Crippen molar-refractivity contribution in [1.82, 2.24) is 5.32 Å². The van der Waals surface area contributed by atoms with Gasteiger partial charge in [-0.15, -0.1) is 0 Å². The van der Waals surface area contributed by atoms with E-state index in [9.17, 15) is 15.3 Å². The van der Waals surface area contributed by atoms with E-state index in [-0.39, 0.29) is 19.8 Å². The van der Waals surface area contributed by atoms with E-state index in [1.165, 1.54) is 0 Å². The lowest BCUT2D eigenvalue weighted by Crippen LogP contribution is -2.54. The summed E-state index contributed by atoms with van der Waals surface area (Å²) in [5.74, 6) is 1.24. The first kappa shape index (κ1) is 16.7. The Morgan fingerprint density at radius 1 is 1.15 bits per heavy atom. The van der Waals surface area contributed by atoms with Crippen LogP contribution in [0.5, 0.6) is 11.5 Å². The van der Waals surface area contributed by atoms with Crippen LogP contribution < -0.4 is 14.8 Å². The van der Waals surface area contributed by atoms with Crippen molar-refractivity contribution in [3.63, 3.8) is 0 Å². The number of hydrogen-bond acceptors (Lipinski definition) is 6. The van der Waals surface area contributed by atoms with E-state index in [2.05, 4.69) is 5.32 Å². The summed E-state index contributed by atoms with van der Waals surface area (Å²) in [5, 5.41) is 30.8. The molecule has 0 atom stereocenters. The zero-order chi connectivity index (χ0) is 15.0. The van der Waals surface area contributed by atoms with E-state index in [0.29, 0.717) is 24.7 Å². The van der Waals surface area contributed by atoms with E-state index in [1.54, 1.807) is 7.11 Å². The Morgan fingerprint density at radius 3 is 2.30 bits per heavy atom. The molecule has 1 aromatic rings. The Labute approximate surface area is 119 Å². The molecule has 6 nitrogen and oxygen atoms in total. The Balaban J connectivity index is 2.89. The molecule has 0 unspecified atom stereocenters. The number of rotatable bonds is 9. The normalized spacial score (nSPS) is 11.4. The number of benzene rings is 1. The first-order valence-electron chi connectivity index (χ1n) is 6.52. The zero-order valence-electron chi connectivity index (χ0n) is 11.9. The topological polar surface area (TPSA) is 91.2 Å². The largest absolute Gasteiger partial charge is 0.493 e. The Hall–Kier alpha value is -1.34. The molecule has 1 aromatic carbocycles. The number of nitrogens with one attached hydrogen (secondary N) is 1. The highest BCUT2D eigenvalue weighted by molar-refractivity contribution is 5.46. The van der Waals surface area contributed by atoms with Crippen molar-refractivity contribution in [2.24, 2.45) is 0 Å². The van der Waals surface area contributed by atoms with Crippen LogP contribution >= 0.6 is 0 Å². The molecule has 0 aliphatic rings. The lowest BCUT2D eigenvalue weighted by molar-refractivity contribution is 0.0412. The third-order valence-corrected chi connectivity index (χ3v) is 3.13. The standard InChI is InChI=1S/C14H23NO5/c1-3-20-12-6-4-5-11(13(12)19-2)7-15-14(8-16,9-17)10-18/h4-6,15-18H,3,7-10H2,1-2H3. The molecule has 6 heteroatoms. The molecule has 0 spiro atoms. The molecule has 20 heavy (non-hydrogen) atoms. The van der Waals surface area contributed by atoms with Gasteiger partial charge >= 0.3 is 0 Å². The minimum Gasteiger partial charge on any atom is -0.493 e. The van der Waals surface area contributed by atoms with Gasteiger partial charge in [-0.25, -0.2) is 0 Å². The number of aliphatic hydroxyl groups excluding tert-OH is 3. The molecular formula is C14H23NO5. The second-order valence-electron chi connectivity index (χ2n) is 4.49. The van der Waals surface area contributed by atoms with Gasteiger partial charge < -0.3 is 30.1 Å². The lowest BCUT2D eigenvalue weighted by Gasteiger charge is -2.29. The van der Waals surface area contributed by atoms with Crippen LogP contribution in [0, 0.1) is 0 Å². The molecule has 0 aliphatic carbocycles. The van der Waals surface area contributed by atoms with Gasteiger partial charge in [-0.2, -0.15) is 0 Å². The Kier molecular flexibility index (Phi) is 6.74. The highest BCUT2D eigenvalue weighted by Crippen LogP contribution is 2.31. The van der Waals surface area contributed by atoms with Gasteiger partial charge in [0, 0.05) is 12.1 Å². The number of para-hydroxylation sites is 1. The van der Waals surface area contributed by atoms with Crippen LogP contribution in [0.2, 0.25) is 0 Å². The molecule has 0 heterocycles. The van der Waals surface area contributed by atoms with Crippen molar-refractivity contribution >= 4 is 0 Å². The molecule has 1 rings (SSSR count). The first-order chi connectivity index (χ1) is 9.66. The van der Waals surface area contributed by atoms with Crippen molar-refractivity contribution in [3.8, 4) is 11.5 Å². The molecule has 0 amide bonds. The van der Waals surface area contributed by atoms with Crippen LogP contribution in [-0.4, -0.2) is 54.4 Å².